The van der Waals surface area contributed by atoms with Gasteiger partial charge in [0.1, 0.15) is 5.69 Å². The summed E-state index contributed by atoms with van der Waals surface area (Å²) in [5, 5.41) is 3.22. The number of rotatable bonds is 2. The average molecular weight is 222 g/mol. The largest absolute Gasteiger partial charge is 0.447 e. The standard InChI is InChI=1S/C12H18N2O2/c1-8(2)6-10-7-13-12-11(4-5-16-12)14(10)9(3)15/h4-5,8,10,13H,6-7H2,1-3H3. The van der Waals surface area contributed by atoms with Crippen LogP contribution in [0.5, 0.6) is 0 Å². The van der Waals surface area contributed by atoms with Gasteiger partial charge in [-0.15, -0.1) is 0 Å². The Morgan fingerprint density at radius 2 is 2.44 bits per heavy atom. The average Bonchev–Trinajstić information content (AvgIpc) is 2.63. The minimum Gasteiger partial charge on any atom is -0.447 e. The predicted molar refractivity (Wildman–Crippen MR) is 63.6 cm³/mol. The number of carbonyl (C=O) groups is 1. The van der Waals surface area contributed by atoms with E-state index in [0.717, 1.165) is 18.7 Å². The summed E-state index contributed by atoms with van der Waals surface area (Å²) >= 11 is 0. The van der Waals surface area contributed by atoms with Crippen LogP contribution in [0.25, 0.3) is 0 Å². The molecule has 2 heterocycles. The van der Waals surface area contributed by atoms with Gasteiger partial charge in [-0.05, 0) is 12.3 Å². The van der Waals surface area contributed by atoms with E-state index < -0.39 is 0 Å². The Hall–Kier alpha value is -1.45. The number of carbonyl (C=O) groups excluding carboxylic acids is 1. The van der Waals surface area contributed by atoms with E-state index >= 15 is 0 Å². The van der Waals surface area contributed by atoms with E-state index in [0.29, 0.717) is 11.8 Å². The first-order chi connectivity index (χ1) is 7.59. The van der Waals surface area contributed by atoms with Crippen LogP contribution in [0.1, 0.15) is 27.2 Å². The van der Waals surface area contributed by atoms with Crippen molar-refractivity contribution in [3.8, 4) is 0 Å². The smallest absolute Gasteiger partial charge is 0.224 e. The number of fused-ring (bicyclic) bond motifs is 1. The molecule has 4 nitrogen and oxygen atoms in total. The Morgan fingerprint density at radius 3 is 3.06 bits per heavy atom. The van der Waals surface area contributed by atoms with Crippen molar-refractivity contribution in [1.29, 1.82) is 0 Å². The highest BCUT2D eigenvalue weighted by atomic mass is 16.3. The SMILES string of the molecule is CC(=O)N1c2ccoc2NCC1CC(C)C. The molecule has 1 aromatic heterocycles. The van der Waals surface area contributed by atoms with Gasteiger partial charge in [-0.25, -0.2) is 0 Å². The third kappa shape index (κ3) is 1.92. The number of amides is 1. The molecule has 1 unspecified atom stereocenters. The van der Waals surface area contributed by atoms with Crippen LogP contribution < -0.4 is 10.2 Å². The molecule has 0 spiro atoms. The highest BCUT2D eigenvalue weighted by Gasteiger charge is 2.31. The van der Waals surface area contributed by atoms with Crippen LogP contribution in [0.3, 0.4) is 0 Å². The second-order valence-electron chi connectivity index (χ2n) is 4.69. The predicted octanol–water partition coefficient (Wildman–Crippen LogP) is 2.47. The Kier molecular flexibility index (Phi) is 2.90. The molecule has 4 heteroatoms. The van der Waals surface area contributed by atoms with E-state index in [2.05, 4.69) is 19.2 Å². The first kappa shape index (κ1) is 11.0. The van der Waals surface area contributed by atoms with Gasteiger partial charge in [0.2, 0.25) is 11.8 Å². The van der Waals surface area contributed by atoms with Gasteiger partial charge >= 0.3 is 0 Å². The van der Waals surface area contributed by atoms with E-state index in [1.807, 2.05) is 11.0 Å². The number of furan rings is 1. The Labute approximate surface area is 95.6 Å². The van der Waals surface area contributed by atoms with Crippen molar-refractivity contribution in [2.24, 2.45) is 5.92 Å². The van der Waals surface area contributed by atoms with Gasteiger partial charge < -0.3 is 14.6 Å². The summed E-state index contributed by atoms with van der Waals surface area (Å²) in [6, 6.07) is 2.07. The quantitative estimate of drug-likeness (QED) is 0.836. The van der Waals surface area contributed by atoms with Crippen LogP contribution in [0, 0.1) is 5.92 Å². The lowest BCUT2D eigenvalue weighted by Crippen LogP contribution is -2.46. The fraction of sp³-hybridized carbons (Fsp3) is 0.583. The van der Waals surface area contributed by atoms with Crippen molar-refractivity contribution in [2.45, 2.75) is 33.2 Å². The zero-order valence-corrected chi connectivity index (χ0v) is 9.99. The Balaban J connectivity index is 2.27. The van der Waals surface area contributed by atoms with Crippen LogP contribution in [-0.4, -0.2) is 18.5 Å². The highest BCUT2D eigenvalue weighted by Crippen LogP contribution is 2.34. The van der Waals surface area contributed by atoms with Crippen molar-refractivity contribution >= 4 is 17.5 Å². The van der Waals surface area contributed by atoms with Crippen LogP contribution in [0.4, 0.5) is 11.6 Å². The molecule has 1 amide bonds. The lowest BCUT2D eigenvalue weighted by Gasteiger charge is -2.35. The first-order valence-electron chi connectivity index (χ1n) is 5.70. The summed E-state index contributed by atoms with van der Waals surface area (Å²) in [6.07, 6.45) is 2.61. The second-order valence-corrected chi connectivity index (χ2v) is 4.69. The van der Waals surface area contributed by atoms with Gasteiger partial charge in [0.25, 0.3) is 0 Å². The van der Waals surface area contributed by atoms with Gasteiger partial charge in [-0.1, -0.05) is 13.8 Å². The van der Waals surface area contributed by atoms with Crippen molar-refractivity contribution < 1.29 is 9.21 Å². The van der Waals surface area contributed by atoms with E-state index in [-0.39, 0.29) is 11.9 Å². The molecule has 1 atom stereocenters. The second kappa shape index (κ2) is 4.20. The number of nitrogens with zero attached hydrogens (tertiary/aromatic N) is 1. The molecule has 1 aliphatic rings. The topological polar surface area (TPSA) is 45.5 Å². The molecule has 0 saturated heterocycles. The Morgan fingerprint density at radius 1 is 1.69 bits per heavy atom. The van der Waals surface area contributed by atoms with Crippen LogP contribution in [0.15, 0.2) is 16.7 Å². The summed E-state index contributed by atoms with van der Waals surface area (Å²) in [4.78, 5) is 13.6. The molecule has 0 fully saturated rings. The number of hydrogen-bond donors (Lipinski definition) is 1. The first-order valence-corrected chi connectivity index (χ1v) is 5.70. The molecule has 16 heavy (non-hydrogen) atoms. The van der Waals surface area contributed by atoms with Gasteiger partial charge in [0.15, 0.2) is 0 Å². The molecular weight excluding hydrogens is 204 g/mol. The van der Waals surface area contributed by atoms with Crippen molar-refractivity contribution in [2.75, 3.05) is 16.8 Å². The molecule has 0 radical (unpaired) electrons. The van der Waals surface area contributed by atoms with Crippen molar-refractivity contribution in [3.05, 3.63) is 12.3 Å². The number of nitrogens with one attached hydrogen (secondary N) is 1. The third-order valence-corrected chi connectivity index (χ3v) is 2.85. The maximum atomic E-state index is 11.7. The van der Waals surface area contributed by atoms with Crippen molar-refractivity contribution in [3.63, 3.8) is 0 Å². The summed E-state index contributed by atoms with van der Waals surface area (Å²) in [5.41, 5.74) is 0.865. The van der Waals surface area contributed by atoms with Crippen LogP contribution >= 0.6 is 0 Å². The van der Waals surface area contributed by atoms with Gasteiger partial charge in [-0.2, -0.15) is 0 Å². The summed E-state index contributed by atoms with van der Waals surface area (Å²) < 4.78 is 5.28. The maximum absolute atomic E-state index is 11.7. The lowest BCUT2D eigenvalue weighted by atomic mass is 10.0. The molecular formula is C12H18N2O2. The van der Waals surface area contributed by atoms with Gasteiger partial charge in [0, 0.05) is 19.5 Å². The fourth-order valence-electron chi connectivity index (χ4n) is 2.28. The molecule has 0 aromatic carbocycles. The molecule has 1 N–H and O–H groups in total. The van der Waals surface area contributed by atoms with E-state index in [1.165, 1.54) is 0 Å². The minimum absolute atomic E-state index is 0.0785. The molecule has 1 aliphatic heterocycles. The molecule has 0 bridgehead atoms. The summed E-state index contributed by atoms with van der Waals surface area (Å²) in [5.74, 6) is 1.35. The fourth-order valence-corrected chi connectivity index (χ4v) is 2.28. The molecule has 2 rings (SSSR count). The van der Waals surface area contributed by atoms with Crippen LogP contribution in [-0.2, 0) is 4.79 Å². The Bertz CT molecular complexity index is 384. The zero-order valence-electron chi connectivity index (χ0n) is 9.99. The van der Waals surface area contributed by atoms with E-state index in [9.17, 15) is 4.79 Å². The summed E-state index contributed by atoms with van der Waals surface area (Å²) in [7, 11) is 0. The molecule has 0 saturated carbocycles. The normalized spacial score (nSPS) is 19.5. The zero-order chi connectivity index (χ0) is 11.7. The van der Waals surface area contributed by atoms with E-state index in [4.69, 9.17) is 4.42 Å². The van der Waals surface area contributed by atoms with E-state index in [1.54, 1.807) is 13.2 Å². The molecule has 1 aromatic rings. The van der Waals surface area contributed by atoms with Crippen molar-refractivity contribution in [1.82, 2.24) is 0 Å². The minimum atomic E-state index is 0.0785. The lowest BCUT2D eigenvalue weighted by molar-refractivity contribution is -0.117. The van der Waals surface area contributed by atoms with Gasteiger partial charge in [-0.3, -0.25) is 4.79 Å². The number of anilines is 2. The summed E-state index contributed by atoms with van der Waals surface area (Å²) in [6.45, 7) is 6.71. The van der Waals surface area contributed by atoms with Gasteiger partial charge in [0.05, 0.1) is 12.3 Å². The maximum Gasteiger partial charge on any atom is 0.224 e. The molecule has 0 aliphatic carbocycles. The molecule has 88 valence electrons. The monoisotopic (exact) mass is 222 g/mol. The van der Waals surface area contributed by atoms with Crippen LogP contribution in [0.2, 0.25) is 0 Å². The highest BCUT2D eigenvalue weighted by molar-refractivity contribution is 5.95. The third-order valence-electron chi connectivity index (χ3n) is 2.85. The number of hydrogen-bond acceptors (Lipinski definition) is 3.